The molecule has 34 heavy (non-hydrogen) atoms. The minimum Gasteiger partial charge on any atom is -0.462 e. The van der Waals surface area contributed by atoms with Crippen molar-refractivity contribution in [2.75, 3.05) is 11.9 Å². The number of hydrogen-bond donors (Lipinski definition) is 2. The van der Waals surface area contributed by atoms with Crippen LogP contribution in [-0.4, -0.2) is 17.7 Å². The van der Waals surface area contributed by atoms with Gasteiger partial charge in [0.05, 0.1) is 18.2 Å². The highest BCUT2D eigenvalue weighted by atomic mass is 32.1. The third kappa shape index (κ3) is 6.10. The Hall–Kier alpha value is -3.48. The summed E-state index contributed by atoms with van der Waals surface area (Å²) in [5.74, 6) is -0.356. The first-order chi connectivity index (χ1) is 16.6. The average Bonchev–Trinajstić information content (AvgIpc) is 3.26. The van der Waals surface area contributed by atoms with E-state index in [2.05, 4.69) is 47.0 Å². The van der Waals surface area contributed by atoms with E-state index < -0.39 is 0 Å². The van der Waals surface area contributed by atoms with Crippen LogP contribution in [0.3, 0.4) is 0 Å². The van der Waals surface area contributed by atoms with Crippen molar-refractivity contribution in [3.8, 4) is 0 Å². The SMILES string of the molecule is CCOC(=O)c1cc(Cc2ccccc2)sc1NC(=S)NC(c1ccccc1)c1ccccc1. The molecular formula is C28H26N2O2S2. The van der Waals surface area contributed by atoms with Crippen LogP contribution in [0.25, 0.3) is 0 Å². The van der Waals surface area contributed by atoms with Gasteiger partial charge in [-0.1, -0.05) is 91.0 Å². The minimum atomic E-state index is -0.356. The van der Waals surface area contributed by atoms with E-state index in [0.717, 1.165) is 22.4 Å². The zero-order valence-corrected chi connectivity index (χ0v) is 20.5. The topological polar surface area (TPSA) is 50.4 Å². The summed E-state index contributed by atoms with van der Waals surface area (Å²) in [7, 11) is 0. The van der Waals surface area contributed by atoms with Crippen LogP contribution in [0.15, 0.2) is 97.1 Å². The number of benzene rings is 3. The third-order valence-electron chi connectivity index (χ3n) is 5.27. The van der Waals surface area contributed by atoms with Crippen LogP contribution in [-0.2, 0) is 11.2 Å². The Morgan fingerprint density at radius 2 is 1.47 bits per heavy atom. The lowest BCUT2D eigenvalue weighted by Crippen LogP contribution is -2.33. The third-order valence-corrected chi connectivity index (χ3v) is 6.54. The largest absolute Gasteiger partial charge is 0.462 e. The lowest BCUT2D eigenvalue weighted by atomic mass is 9.99. The maximum absolute atomic E-state index is 12.7. The van der Waals surface area contributed by atoms with E-state index in [0.29, 0.717) is 22.3 Å². The first-order valence-electron chi connectivity index (χ1n) is 11.1. The summed E-state index contributed by atoms with van der Waals surface area (Å²) in [4.78, 5) is 13.7. The molecule has 2 N–H and O–H groups in total. The average molecular weight is 487 g/mol. The van der Waals surface area contributed by atoms with E-state index in [1.165, 1.54) is 16.9 Å². The molecule has 0 fully saturated rings. The molecule has 0 atom stereocenters. The summed E-state index contributed by atoms with van der Waals surface area (Å²) in [6.07, 6.45) is 0.733. The minimum absolute atomic E-state index is 0.128. The number of carbonyl (C=O) groups is 1. The van der Waals surface area contributed by atoms with Crippen LogP contribution in [0.4, 0.5) is 5.00 Å². The fourth-order valence-corrected chi connectivity index (χ4v) is 5.07. The van der Waals surface area contributed by atoms with Gasteiger partial charge in [0, 0.05) is 11.3 Å². The first-order valence-corrected chi connectivity index (χ1v) is 12.4. The van der Waals surface area contributed by atoms with Gasteiger partial charge in [-0.3, -0.25) is 0 Å². The Bertz CT molecular complexity index is 1190. The van der Waals surface area contributed by atoms with Crippen LogP contribution >= 0.6 is 23.6 Å². The molecule has 4 aromatic rings. The number of anilines is 1. The van der Waals surface area contributed by atoms with Gasteiger partial charge in [-0.05, 0) is 41.9 Å². The number of hydrogen-bond acceptors (Lipinski definition) is 4. The van der Waals surface area contributed by atoms with Gasteiger partial charge in [-0.15, -0.1) is 11.3 Å². The van der Waals surface area contributed by atoms with Crippen LogP contribution in [0.5, 0.6) is 0 Å². The van der Waals surface area contributed by atoms with Crippen LogP contribution in [0.1, 0.15) is 44.9 Å². The van der Waals surface area contributed by atoms with Gasteiger partial charge in [0.25, 0.3) is 0 Å². The number of thiophene rings is 1. The Morgan fingerprint density at radius 3 is 2.03 bits per heavy atom. The summed E-state index contributed by atoms with van der Waals surface area (Å²) in [5.41, 5.74) is 3.87. The molecule has 0 aliphatic rings. The zero-order valence-electron chi connectivity index (χ0n) is 18.9. The molecule has 0 spiro atoms. The molecular weight excluding hydrogens is 460 g/mol. The second kappa shape index (κ2) is 11.6. The molecule has 0 radical (unpaired) electrons. The molecule has 0 unspecified atom stereocenters. The van der Waals surface area contributed by atoms with Gasteiger partial charge in [-0.25, -0.2) is 4.79 Å². The molecule has 3 aromatic carbocycles. The second-order valence-corrected chi connectivity index (χ2v) is 9.24. The Kier molecular flexibility index (Phi) is 8.07. The van der Waals surface area contributed by atoms with Gasteiger partial charge in [-0.2, -0.15) is 0 Å². The maximum Gasteiger partial charge on any atom is 0.341 e. The van der Waals surface area contributed by atoms with Crippen molar-refractivity contribution in [2.45, 2.75) is 19.4 Å². The first kappa shape index (κ1) is 23.7. The number of ether oxygens (including phenoxy) is 1. The molecule has 0 amide bonds. The van der Waals surface area contributed by atoms with Crippen molar-refractivity contribution in [1.29, 1.82) is 0 Å². The van der Waals surface area contributed by atoms with E-state index in [1.54, 1.807) is 6.92 Å². The number of rotatable bonds is 8. The molecule has 0 bridgehead atoms. The van der Waals surface area contributed by atoms with E-state index in [1.807, 2.05) is 60.7 Å². The Balaban J connectivity index is 1.57. The molecule has 0 saturated heterocycles. The monoisotopic (exact) mass is 486 g/mol. The van der Waals surface area contributed by atoms with Crippen LogP contribution < -0.4 is 10.6 Å². The highest BCUT2D eigenvalue weighted by Gasteiger charge is 2.20. The van der Waals surface area contributed by atoms with E-state index in [4.69, 9.17) is 17.0 Å². The molecule has 1 aromatic heterocycles. The van der Waals surface area contributed by atoms with Gasteiger partial charge < -0.3 is 15.4 Å². The fourth-order valence-electron chi connectivity index (χ4n) is 3.70. The number of nitrogens with one attached hydrogen (secondary N) is 2. The standard InChI is InChI=1S/C28H26N2O2S2/c1-2-32-27(31)24-19-23(18-20-12-6-3-7-13-20)34-26(24)30-28(33)29-25(21-14-8-4-9-15-21)22-16-10-5-11-17-22/h3-17,19,25H,2,18H2,1H3,(H2,29,30,33). The van der Waals surface area contributed by atoms with E-state index in [9.17, 15) is 4.79 Å². The van der Waals surface area contributed by atoms with Crippen molar-refractivity contribution >= 4 is 39.6 Å². The van der Waals surface area contributed by atoms with Gasteiger partial charge in [0.15, 0.2) is 5.11 Å². The van der Waals surface area contributed by atoms with Crippen molar-refractivity contribution in [3.63, 3.8) is 0 Å². The summed E-state index contributed by atoms with van der Waals surface area (Å²) in [5, 5.41) is 7.82. The van der Waals surface area contributed by atoms with Crippen molar-refractivity contribution < 1.29 is 9.53 Å². The smallest absolute Gasteiger partial charge is 0.341 e. The molecule has 4 nitrogen and oxygen atoms in total. The Labute approximate surface area is 209 Å². The highest BCUT2D eigenvalue weighted by molar-refractivity contribution is 7.80. The number of carbonyl (C=O) groups excluding carboxylic acids is 1. The summed E-state index contributed by atoms with van der Waals surface area (Å²) < 4.78 is 5.30. The molecule has 1 heterocycles. The maximum atomic E-state index is 12.7. The number of thiocarbonyl (C=S) groups is 1. The van der Waals surface area contributed by atoms with Gasteiger partial charge in [0.1, 0.15) is 5.00 Å². The number of esters is 1. The molecule has 172 valence electrons. The van der Waals surface area contributed by atoms with E-state index >= 15 is 0 Å². The van der Waals surface area contributed by atoms with Crippen molar-refractivity contribution in [2.24, 2.45) is 0 Å². The Morgan fingerprint density at radius 1 is 0.912 bits per heavy atom. The molecule has 0 saturated carbocycles. The molecule has 4 rings (SSSR count). The summed E-state index contributed by atoms with van der Waals surface area (Å²) in [6, 6.07) is 32.3. The predicted octanol–water partition coefficient (Wildman–Crippen LogP) is 6.59. The summed E-state index contributed by atoms with van der Waals surface area (Å²) in [6.45, 7) is 2.12. The van der Waals surface area contributed by atoms with Gasteiger partial charge in [0.2, 0.25) is 0 Å². The highest BCUT2D eigenvalue weighted by Crippen LogP contribution is 2.31. The zero-order chi connectivity index (χ0) is 23.8. The van der Waals surface area contributed by atoms with Crippen LogP contribution in [0.2, 0.25) is 0 Å². The van der Waals surface area contributed by atoms with Crippen molar-refractivity contribution in [1.82, 2.24) is 5.32 Å². The fraction of sp³-hybridized carbons (Fsp3) is 0.143. The second-order valence-electron chi connectivity index (χ2n) is 7.69. The molecule has 0 aliphatic carbocycles. The van der Waals surface area contributed by atoms with Crippen molar-refractivity contribution in [3.05, 3.63) is 124 Å². The van der Waals surface area contributed by atoms with Crippen LogP contribution in [0, 0.1) is 0 Å². The molecule has 0 aliphatic heterocycles. The van der Waals surface area contributed by atoms with Gasteiger partial charge >= 0.3 is 5.97 Å². The predicted molar refractivity (Wildman–Crippen MR) is 144 cm³/mol. The normalized spacial score (nSPS) is 10.6. The van der Waals surface area contributed by atoms with E-state index in [-0.39, 0.29) is 12.0 Å². The summed E-state index contributed by atoms with van der Waals surface area (Å²) >= 11 is 7.21. The lowest BCUT2D eigenvalue weighted by Gasteiger charge is -2.22. The molecule has 6 heteroatoms. The quantitative estimate of drug-likeness (QED) is 0.217. The lowest BCUT2D eigenvalue weighted by molar-refractivity contribution is 0.0528.